The molecule has 0 atom stereocenters. The largest absolute Gasteiger partial charge is 0.203 e. The monoisotopic (exact) mass is 376 g/mol. The molecular weight excluding hydrogens is 350 g/mol. The summed E-state index contributed by atoms with van der Waals surface area (Å²) in [4.78, 5) is 0. The van der Waals surface area contributed by atoms with Crippen molar-refractivity contribution in [3.63, 3.8) is 0 Å². The molecular formula is C26H26F2. The summed E-state index contributed by atoms with van der Waals surface area (Å²) in [5, 5.41) is 0. The highest BCUT2D eigenvalue weighted by atomic mass is 19.2. The molecule has 0 heterocycles. The normalized spacial score (nSPS) is 11.3. The Labute approximate surface area is 166 Å². The number of halogens is 2. The average Bonchev–Trinajstić information content (AvgIpc) is 2.73. The average molecular weight is 376 g/mol. The summed E-state index contributed by atoms with van der Waals surface area (Å²) in [5.74, 6) is -1.61. The second kappa shape index (κ2) is 9.45. The summed E-state index contributed by atoms with van der Waals surface area (Å²) in [6.45, 7) is 3.99. The Kier molecular flexibility index (Phi) is 6.76. The first-order valence-corrected chi connectivity index (χ1v) is 9.94. The standard InChI is InChI=1S/C26H26F2/c1-3-5-6-8-19-9-11-20(12-10-19)21-13-15-22(16-14-21)24-18-17-23(7-4-2)25(27)26(24)28/h4,7,9-18H,3,5-6,8H2,1-2H3/b7-4-. The second-order valence-electron chi connectivity index (χ2n) is 7.06. The molecule has 0 saturated carbocycles. The highest BCUT2D eigenvalue weighted by Crippen LogP contribution is 2.29. The Morgan fingerprint density at radius 2 is 1.32 bits per heavy atom. The van der Waals surface area contributed by atoms with E-state index in [-0.39, 0.29) is 11.1 Å². The molecule has 2 heteroatoms. The maximum absolute atomic E-state index is 14.5. The zero-order valence-electron chi connectivity index (χ0n) is 16.5. The highest BCUT2D eigenvalue weighted by molar-refractivity contribution is 5.72. The van der Waals surface area contributed by atoms with Crippen molar-refractivity contribution in [2.24, 2.45) is 0 Å². The lowest BCUT2D eigenvalue weighted by molar-refractivity contribution is 0.509. The third-order valence-electron chi connectivity index (χ3n) is 5.01. The molecule has 3 aromatic rings. The van der Waals surface area contributed by atoms with Gasteiger partial charge in [0.2, 0.25) is 0 Å². The first-order valence-electron chi connectivity index (χ1n) is 9.94. The van der Waals surface area contributed by atoms with Crippen molar-refractivity contribution in [2.45, 2.75) is 39.5 Å². The summed E-state index contributed by atoms with van der Waals surface area (Å²) < 4.78 is 28.7. The molecule has 28 heavy (non-hydrogen) atoms. The molecule has 3 aromatic carbocycles. The minimum Gasteiger partial charge on any atom is -0.203 e. The molecule has 0 unspecified atom stereocenters. The van der Waals surface area contributed by atoms with Crippen LogP contribution in [0.15, 0.2) is 66.7 Å². The quantitative estimate of drug-likeness (QED) is 0.366. The van der Waals surface area contributed by atoms with E-state index in [1.54, 1.807) is 31.2 Å². The molecule has 0 radical (unpaired) electrons. The van der Waals surface area contributed by atoms with Gasteiger partial charge in [0.15, 0.2) is 11.6 Å². The molecule has 144 valence electrons. The fourth-order valence-corrected chi connectivity index (χ4v) is 3.38. The summed E-state index contributed by atoms with van der Waals surface area (Å²) in [6.07, 6.45) is 8.09. The number of unbranched alkanes of at least 4 members (excludes halogenated alkanes) is 2. The number of rotatable bonds is 7. The van der Waals surface area contributed by atoms with Gasteiger partial charge in [-0.25, -0.2) is 8.78 Å². The fourth-order valence-electron chi connectivity index (χ4n) is 3.38. The van der Waals surface area contributed by atoms with Crippen molar-refractivity contribution in [3.05, 3.63) is 89.5 Å². The fraction of sp³-hybridized carbons (Fsp3) is 0.231. The van der Waals surface area contributed by atoms with Crippen molar-refractivity contribution in [3.8, 4) is 22.3 Å². The second-order valence-corrected chi connectivity index (χ2v) is 7.06. The lowest BCUT2D eigenvalue weighted by Gasteiger charge is -2.09. The molecule has 0 aliphatic heterocycles. The molecule has 3 rings (SSSR count). The number of hydrogen-bond acceptors (Lipinski definition) is 0. The number of benzene rings is 3. The van der Waals surface area contributed by atoms with E-state index in [9.17, 15) is 8.78 Å². The predicted molar refractivity (Wildman–Crippen MR) is 115 cm³/mol. The van der Waals surface area contributed by atoms with Crippen LogP contribution in [0.3, 0.4) is 0 Å². The van der Waals surface area contributed by atoms with Crippen molar-refractivity contribution < 1.29 is 8.78 Å². The summed E-state index contributed by atoms with van der Waals surface area (Å²) in [5.41, 5.74) is 4.76. The molecule has 0 saturated heterocycles. The Morgan fingerprint density at radius 3 is 1.93 bits per heavy atom. The van der Waals surface area contributed by atoms with Crippen molar-refractivity contribution >= 4 is 6.08 Å². The maximum atomic E-state index is 14.5. The van der Waals surface area contributed by atoms with Crippen molar-refractivity contribution in [1.82, 2.24) is 0 Å². The van der Waals surface area contributed by atoms with Crippen LogP contribution in [0.25, 0.3) is 28.3 Å². The first kappa shape index (κ1) is 20.0. The Morgan fingerprint density at radius 1 is 0.714 bits per heavy atom. The van der Waals surface area contributed by atoms with Gasteiger partial charge in [-0.2, -0.15) is 0 Å². The van der Waals surface area contributed by atoms with Crippen LogP contribution in [-0.4, -0.2) is 0 Å². The van der Waals surface area contributed by atoms with Gasteiger partial charge in [0.05, 0.1) is 0 Å². The Hall–Kier alpha value is -2.74. The van der Waals surface area contributed by atoms with Gasteiger partial charge < -0.3 is 0 Å². The zero-order chi connectivity index (χ0) is 19.9. The van der Waals surface area contributed by atoms with Crippen LogP contribution in [-0.2, 0) is 6.42 Å². The van der Waals surface area contributed by atoms with Crippen LogP contribution in [0.4, 0.5) is 8.78 Å². The molecule has 0 aromatic heterocycles. The maximum Gasteiger partial charge on any atom is 0.167 e. The molecule has 0 aliphatic rings. The van der Waals surface area contributed by atoms with E-state index >= 15 is 0 Å². The van der Waals surface area contributed by atoms with Crippen LogP contribution in [0.1, 0.15) is 44.2 Å². The van der Waals surface area contributed by atoms with Gasteiger partial charge in [-0.05, 0) is 42.0 Å². The summed E-state index contributed by atoms with van der Waals surface area (Å²) in [6, 6.07) is 19.5. The molecule has 0 N–H and O–H groups in total. The molecule has 0 aliphatic carbocycles. The number of aryl methyl sites for hydroxylation is 1. The third-order valence-corrected chi connectivity index (χ3v) is 5.01. The predicted octanol–water partition coefficient (Wildman–Crippen LogP) is 8.06. The van der Waals surface area contributed by atoms with Crippen LogP contribution in [0.5, 0.6) is 0 Å². The van der Waals surface area contributed by atoms with Gasteiger partial charge in [-0.1, -0.05) is 92.6 Å². The van der Waals surface area contributed by atoms with Gasteiger partial charge in [0.1, 0.15) is 0 Å². The minimum absolute atomic E-state index is 0.263. The van der Waals surface area contributed by atoms with E-state index in [0.29, 0.717) is 5.56 Å². The van der Waals surface area contributed by atoms with Gasteiger partial charge in [0.25, 0.3) is 0 Å². The van der Waals surface area contributed by atoms with E-state index in [0.717, 1.165) is 17.5 Å². The minimum atomic E-state index is -0.807. The van der Waals surface area contributed by atoms with E-state index in [2.05, 4.69) is 31.2 Å². The van der Waals surface area contributed by atoms with Gasteiger partial charge in [-0.3, -0.25) is 0 Å². The Balaban J connectivity index is 1.79. The number of hydrogen-bond donors (Lipinski definition) is 0. The molecule has 0 spiro atoms. The summed E-state index contributed by atoms with van der Waals surface area (Å²) >= 11 is 0. The lowest BCUT2D eigenvalue weighted by Crippen LogP contribution is -1.93. The molecule has 0 amide bonds. The van der Waals surface area contributed by atoms with Crippen molar-refractivity contribution in [2.75, 3.05) is 0 Å². The first-order chi connectivity index (χ1) is 13.6. The SMILES string of the molecule is C/C=C\c1ccc(-c2ccc(-c3ccc(CCCCC)cc3)cc2)c(F)c1F. The molecule has 0 nitrogen and oxygen atoms in total. The van der Waals surface area contributed by atoms with E-state index in [1.165, 1.54) is 24.8 Å². The topological polar surface area (TPSA) is 0 Å². The van der Waals surface area contributed by atoms with Gasteiger partial charge in [-0.15, -0.1) is 0 Å². The van der Waals surface area contributed by atoms with Crippen LogP contribution < -0.4 is 0 Å². The Bertz CT molecular complexity index is 935. The van der Waals surface area contributed by atoms with E-state index in [4.69, 9.17) is 0 Å². The summed E-state index contributed by atoms with van der Waals surface area (Å²) in [7, 11) is 0. The molecule has 0 fully saturated rings. The smallest absolute Gasteiger partial charge is 0.167 e. The van der Waals surface area contributed by atoms with E-state index < -0.39 is 11.6 Å². The van der Waals surface area contributed by atoms with Gasteiger partial charge >= 0.3 is 0 Å². The third kappa shape index (κ3) is 4.56. The van der Waals surface area contributed by atoms with Gasteiger partial charge in [0, 0.05) is 11.1 Å². The van der Waals surface area contributed by atoms with Crippen molar-refractivity contribution in [1.29, 1.82) is 0 Å². The highest BCUT2D eigenvalue weighted by Gasteiger charge is 2.13. The molecule has 0 bridgehead atoms. The van der Waals surface area contributed by atoms with Crippen LogP contribution in [0, 0.1) is 11.6 Å². The van der Waals surface area contributed by atoms with Crippen LogP contribution in [0.2, 0.25) is 0 Å². The van der Waals surface area contributed by atoms with E-state index in [1.807, 2.05) is 24.3 Å². The zero-order valence-corrected chi connectivity index (χ0v) is 16.5. The van der Waals surface area contributed by atoms with Crippen LogP contribution >= 0.6 is 0 Å². The lowest BCUT2D eigenvalue weighted by atomic mass is 9.97. The number of allylic oxidation sites excluding steroid dienone is 1.